The molecule has 2 aromatic carbocycles. The lowest BCUT2D eigenvalue weighted by atomic mass is 9.98. The zero-order valence-electron chi connectivity index (χ0n) is 13.6. The first kappa shape index (κ1) is 15.7. The van der Waals surface area contributed by atoms with Crippen LogP contribution in [0.1, 0.15) is 18.4 Å². The highest BCUT2D eigenvalue weighted by Crippen LogP contribution is 2.30. The molecule has 1 unspecified atom stereocenters. The van der Waals surface area contributed by atoms with Gasteiger partial charge in [0.05, 0.1) is 5.92 Å². The van der Waals surface area contributed by atoms with E-state index in [4.69, 9.17) is 11.6 Å². The molecule has 4 nitrogen and oxygen atoms in total. The highest BCUT2D eigenvalue weighted by Gasteiger charge is 2.16. The van der Waals surface area contributed by atoms with Crippen LogP contribution in [0.25, 0.3) is 21.8 Å². The molecule has 0 saturated heterocycles. The third-order valence-electron chi connectivity index (χ3n) is 4.43. The summed E-state index contributed by atoms with van der Waals surface area (Å²) in [4.78, 5) is 19.8. The van der Waals surface area contributed by atoms with Gasteiger partial charge in [-0.3, -0.25) is 9.78 Å². The molecule has 0 bridgehead atoms. The van der Waals surface area contributed by atoms with E-state index in [0.717, 1.165) is 33.1 Å². The van der Waals surface area contributed by atoms with Gasteiger partial charge in [-0.05, 0) is 48.9 Å². The first-order valence-electron chi connectivity index (χ1n) is 8.03. The Labute approximate surface area is 149 Å². The quantitative estimate of drug-likeness (QED) is 0.540. The summed E-state index contributed by atoms with van der Waals surface area (Å²) in [6.45, 7) is 1.90. The van der Waals surface area contributed by atoms with Crippen LogP contribution in [0.4, 0.5) is 5.69 Å². The lowest BCUT2D eigenvalue weighted by Gasteiger charge is -2.12. The smallest absolute Gasteiger partial charge is 0.231 e. The lowest BCUT2D eigenvalue weighted by molar-refractivity contribution is -0.117. The molecule has 4 rings (SSSR count). The second kappa shape index (κ2) is 6.22. The number of amides is 1. The van der Waals surface area contributed by atoms with Crippen molar-refractivity contribution in [3.8, 4) is 0 Å². The number of halogens is 1. The summed E-state index contributed by atoms with van der Waals surface area (Å²) in [5, 5.41) is 5.81. The van der Waals surface area contributed by atoms with Crippen LogP contribution in [0.5, 0.6) is 0 Å². The monoisotopic (exact) mass is 349 g/mol. The Morgan fingerprint density at radius 3 is 2.64 bits per heavy atom. The van der Waals surface area contributed by atoms with Gasteiger partial charge in [-0.2, -0.15) is 0 Å². The summed E-state index contributed by atoms with van der Waals surface area (Å²) in [5.41, 5.74) is 3.73. The van der Waals surface area contributed by atoms with Crippen molar-refractivity contribution in [3.05, 3.63) is 71.5 Å². The van der Waals surface area contributed by atoms with Gasteiger partial charge < -0.3 is 10.3 Å². The van der Waals surface area contributed by atoms with Crippen molar-refractivity contribution in [1.82, 2.24) is 9.97 Å². The van der Waals surface area contributed by atoms with Crippen LogP contribution in [0.2, 0.25) is 5.02 Å². The summed E-state index contributed by atoms with van der Waals surface area (Å²) in [5.74, 6) is -0.322. The molecule has 0 spiro atoms. The molecule has 25 heavy (non-hydrogen) atoms. The number of hydrogen-bond acceptors (Lipinski definition) is 2. The van der Waals surface area contributed by atoms with Crippen LogP contribution in [0.15, 0.2) is 60.9 Å². The molecular weight excluding hydrogens is 334 g/mol. The third-order valence-corrected chi connectivity index (χ3v) is 4.66. The lowest BCUT2D eigenvalue weighted by Crippen LogP contribution is -2.18. The molecule has 1 amide bonds. The topological polar surface area (TPSA) is 57.8 Å². The van der Waals surface area contributed by atoms with E-state index in [1.165, 1.54) is 0 Å². The molecule has 0 aliphatic heterocycles. The number of aromatic amines is 1. The number of rotatable bonds is 3. The van der Waals surface area contributed by atoms with Crippen molar-refractivity contribution in [2.24, 2.45) is 0 Å². The highest BCUT2D eigenvalue weighted by atomic mass is 35.5. The number of fused-ring (bicyclic) bond motifs is 3. The molecule has 2 aromatic heterocycles. The average molecular weight is 350 g/mol. The summed E-state index contributed by atoms with van der Waals surface area (Å²) < 4.78 is 0. The zero-order chi connectivity index (χ0) is 17.4. The number of nitrogens with one attached hydrogen (secondary N) is 2. The van der Waals surface area contributed by atoms with Crippen LogP contribution in [-0.4, -0.2) is 15.9 Å². The maximum absolute atomic E-state index is 12.5. The first-order chi connectivity index (χ1) is 12.1. The maximum Gasteiger partial charge on any atom is 0.231 e. The van der Waals surface area contributed by atoms with Crippen molar-refractivity contribution in [1.29, 1.82) is 0 Å². The van der Waals surface area contributed by atoms with E-state index in [9.17, 15) is 4.79 Å². The van der Waals surface area contributed by atoms with Crippen molar-refractivity contribution < 1.29 is 4.79 Å². The molecule has 5 heteroatoms. The Hall–Kier alpha value is -2.85. The average Bonchev–Trinajstić information content (AvgIpc) is 2.99. The van der Waals surface area contributed by atoms with Gasteiger partial charge in [-0.25, -0.2) is 0 Å². The van der Waals surface area contributed by atoms with Gasteiger partial charge in [-0.1, -0.05) is 23.7 Å². The van der Waals surface area contributed by atoms with Crippen LogP contribution >= 0.6 is 11.6 Å². The molecule has 2 heterocycles. The van der Waals surface area contributed by atoms with E-state index in [1.807, 2.05) is 43.3 Å². The summed E-state index contributed by atoms with van der Waals surface area (Å²) >= 11 is 6.11. The summed E-state index contributed by atoms with van der Waals surface area (Å²) in [6, 6.07) is 15.4. The van der Waals surface area contributed by atoms with Crippen molar-refractivity contribution in [2.75, 3.05) is 5.32 Å². The van der Waals surface area contributed by atoms with Gasteiger partial charge in [0, 0.05) is 44.9 Å². The predicted octanol–water partition coefficient (Wildman–Crippen LogP) is 5.11. The van der Waals surface area contributed by atoms with E-state index >= 15 is 0 Å². The van der Waals surface area contributed by atoms with E-state index < -0.39 is 0 Å². The fraction of sp³-hybridized carbons (Fsp3) is 0.100. The molecule has 0 saturated carbocycles. The third kappa shape index (κ3) is 2.96. The van der Waals surface area contributed by atoms with E-state index in [1.54, 1.807) is 24.5 Å². The molecule has 0 radical (unpaired) electrons. The minimum absolute atomic E-state index is 0.0512. The van der Waals surface area contributed by atoms with E-state index in [2.05, 4.69) is 15.3 Å². The fourth-order valence-corrected chi connectivity index (χ4v) is 3.17. The zero-order valence-corrected chi connectivity index (χ0v) is 14.3. The molecular formula is C20H16ClN3O. The number of carbonyl (C=O) groups excluding carboxylic acids is 1. The summed E-state index contributed by atoms with van der Waals surface area (Å²) in [7, 11) is 0. The number of anilines is 1. The van der Waals surface area contributed by atoms with E-state index in [-0.39, 0.29) is 11.8 Å². The van der Waals surface area contributed by atoms with Crippen LogP contribution in [-0.2, 0) is 4.79 Å². The van der Waals surface area contributed by atoms with Gasteiger partial charge in [0.15, 0.2) is 0 Å². The number of carbonyl (C=O) groups is 1. The van der Waals surface area contributed by atoms with Crippen LogP contribution in [0.3, 0.4) is 0 Å². The van der Waals surface area contributed by atoms with Crippen LogP contribution in [0, 0.1) is 0 Å². The normalized spacial score (nSPS) is 12.4. The molecule has 4 aromatic rings. The van der Waals surface area contributed by atoms with Gasteiger partial charge in [0.1, 0.15) is 0 Å². The summed E-state index contributed by atoms with van der Waals surface area (Å²) in [6.07, 6.45) is 3.31. The Morgan fingerprint density at radius 1 is 1.04 bits per heavy atom. The number of benzene rings is 2. The highest BCUT2D eigenvalue weighted by molar-refractivity contribution is 6.31. The van der Waals surface area contributed by atoms with E-state index in [0.29, 0.717) is 5.02 Å². The SMILES string of the molecule is CC(C(=O)Nc1ccncc1)c1ccc2c(c1)[nH]c1ccc(Cl)cc12. The Balaban J connectivity index is 1.66. The Bertz CT molecular complexity index is 1070. The largest absolute Gasteiger partial charge is 0.355 e. The maximum atomic E-state index is 12.5. The molecule has 0 aliphatic carbocycles. The van der Waals surface area contributed by atoms with Crippen molar-refractivity contribution >= 4 is 45.0 Å². The van der Waals surface area contributed by atoms with Gasteiger partial charge in [0.25, 0.3) is 0 Å². The first-order valence-corrected chi connectivity index (χ1v) is 8.41. The number of nitrogens with zero attached hydrogens (tertiary/aromatic N) is 1. The van der Waals surface area contributed by atoms with Gasteiger partial charge in [0.2, 0.25) is 5.91 Å². The molecule has 0 aliphatic rings. The number of pyridine rings is 1. The molecule has 2 N–H and O–H groups in total. The predicted molar refractivity (Wildman–Crippen MR) is 102 cm³/mol. The Kier molecular flexibility index (Phi) is 3.90. The minimum atomic E-state index is -0.271. The number of H-pyrrole nitrogens is 1. The standard InChI is InChI=1S/C20H16ClN3O/c1-12(20(25)23-15-6-8-22-9-7-15)13-2-4-16-17-11-14(21)3-5-18(17)24-19(16)10-13/h2-12,24H,1H3,(H,22,23,25). The second-order valence-corrected chi connectivity index (χ2v) is 6.50. The molecule has 0 fully saturated rings. The molecule has 124 valence electrons. The minimum Gasteiger partial charge on any atom is -0.355 e. The fourth-order valence-electron chi connectivity index (χ4n) is 3.00. The Morgan fingerprint density at radius 2 is 1.84 bits per heavy atom. The second-order valence-electron chi connectivity index (χ2n) is 6.07. The number of aromatic nitrogens is 2. The number of hydrogen-bond donors (Lipinski definition) is 2. The van der Waals surface area contributed by atoms with Crippen LogP contribution < -0.4 is 5.32 Å². The van der Waals surface area contributed by atoms with Gasteiger partial charge >= 0.3 is 0 Å². The van der Waals surface area contributed by atoms with Gasteiger partial charge in [-0.15, -0.1) is 0 Å². The van der Waals surface area contributed by atoms with Crippen molar-refractivity contribution in [2.45, 2.75) is 12.8 Å². The molecule has 1 atom stereocenters. The van der Waals surface area contributed by atoms with Crippen molar-refractivity contribution in [3.63, 3.8) is 0 Å².